The Morgan fingerprint density at radius 1 is 1.50 bits per heavy atom. The molecule has 1 rings (SSSR count). The van der Waals surface area contributed by atoms with Gasteiger partial charge < -0.3 is 5.32 Å². The van der Waals surface area contributed by atoms with Crippen molar-refractivity contribution in [2.24, 2.45) is 5.41 Å². The SMILES string of the molecule is CC(C)(C)CC(=S)Nc1cccnc1. The van der Waals surface area contributed by atoms with Crippen LogP contribution in [0.3, 0.4) is 0 Å². The lowest BCUT2D eigenvalue weighted by Crippen LogP contribution is -2.17. The van der Waals surface area contributed by atoms with E-state index in [-0.39, 0.29) is 5.41 Å². The van der Waals surface area contributed by atoms with Crippen LogP contribution in [0.2, 0.25) is 0 Å². The fourth-order valence-corrected chi connectivity index (χ4v) is 1.67. The second kappa shape index (κ2) is 4.51. The summed E-state index contributed by atoms with van der Waals surface area (Å²) in [6, 6.07) is 3.85. The molecule has 0 amide bonds. The summed E-state index contributed by atoms with van der Waals surface area (Å²) < 4.78 is 0. The molecular weight excluding hydrogens is 192 g/mol. The molecule has 0 aliphatic heterocycles. The van der Waals surface area contributed by atoms with E-state index in [1.54, 1.807) is 12.4 Å². The fourth-order valence-electron chi connectivity index (χ4n) is 1.12. The minimum Gasteiger partial charge on any atom is -0.349 e. The normalized spacial score (nSPS) is 11.1. The van der Waals surface area contributed by atoms with Gasteiger partial charge in [0.05, 0.1) is 16.9 Å². The molecule has 3 heteroatoms. The highest BCUT2D eigenvalue weighted by Crippen LogP contribution is 2.20. The van der Waals surface area contributed by atoms with Crippen LogP contribution in [0, 0.1) is 5.41 Å². The first kappa shape index (κ1) is 11.1. The van der Waals surface area contributed by atoms with Crippen molar-refractivity contribution in [3.63, 3.8) is 0 Å². The molecule has 0 aliphatic rings. The van der Waals surface area contributed by atoms with Gasteiger partial charge in [0.15, 0.2) is 0 Å². The third-order valence-corrected chi connectivity index (χ3v) is 1.88. The van der Waals surface area contributed by atoms with Crippen molar-refractivity contribution in [2.75, 3.05) is 5.32 Å². The summed E-state index contributed by atoms with van der Waals surface area (Å²) in [6.07, 6.45) is 4.41. The summed E-state index contributed by atoms with van der Waals surface area (Å²) in [5.74, 6) is 0. The molecule has 0 fully saturated rings. The zero-order chi connectivity index (χ0) is 10.6. The molecule has 0 saturated carbocycles. The molecule has 0 atom stereocenters. The van der Waals surface area contributed by atoms with Crippen LogP contribution in [0.15, 0.2) is 24.5 Å². The van der Waals surface area contributed by atoms with Crippen molar-refractivity contribution in [3.05, 3.63) is 24.5 Å². The van der Waals surface area contributed by atoms with E-state index in [4.69, 9.17) is 12.2 Å². The Morgan fingerprint density at radius 2 is 2.21 bits per heavy atom. The van der Waals surface area contributed by atoms with E-state index in [1.807, 2.05) is 12.1 Å². The van der Waals surface area contributed by atoms with Crippen LogP contribution in [0.5, 0.6) is 0 Å². The molecule has 1 aromatic rings. The monoisotopic (exact) mass is 208 g/mol. The van der Waals surface area contributed by atoms with Crippen LogP contribution < -0.4 is 5.32 Å². The van der Waals surface area contributed by atoms with Crippen LogP contribution in [0.25, 0.3) is 0 Å². The van der Waals surface area contributed by atoms with Crippen LogP contribution in [0.4, 0.5) is 5.69 Å². The van der Waals surface area contributed by atoms with E-state index >= 15 is 0 Å². The summed E-state index contributed by atoms with van der Waals surface area (Å²) >= 11 is 5.25. The van der Waals surface area contributed by atoms with Crippen molar-refractivity contribution in [3.8, 4) is 0 Å². The Labute approximate surface area is 90.7 Å². The number of pyridine rings is 1. The van der Waals surface area contributed by atoms with E-state index in [1.165, 1.54) is 0 Å². The minimum absolute atomic E-state index is 0.228. The lowest BCUT2D eigenvalue weighted by atomic mass is 9.92. The van der Waals surface area contributed by atoms with Crippen molar-refractivity contribution < 1.29 is 0 Å². The number of rotatable bonds is 2. The molecule has 0 bridgehead atoms. The van der Waals surface area contributed by atoms with Gasteiger partial charge in [0.2, 0.25) is 0 Å². The molecular formula is C11H16N2S. The zero-order valence-corrected chi connectivity index (χ0v) is 9.69. The third kappa shape index (κ3) is 4.33. The number of thiocarbonyl (C=S) groups is 1. The molecule has 14 heavy (non-hydrogen) atoms. The van der Waals surface area contributed by atoms with Crippen molar-refractivity contribution in [1.29, 1.82) is 0 Å². The Morgan fingerprint density at radius 3 is 2.71 bits per heavy atom. The Hall–Kier alpha value is -0.960. The highest BCUT2D eigenvalue weighted by Gasteiger charge is 2.12. The fraction of sp³-hybridized carbons (Fsp3) is 0.455. The first-order chi connectivity index (χ1) is 6.47. The van der Waals surface area contributed by atoms with Crippen molar-refractivity contribution in [2.45, 2.75) is 27.2 Å². The summed E-state index contributed by atoms with van der Waals surface area (Å²) in [5.41, 5.74) is 1.19. The van der Waals surface area contributed by atoms with E-state index in [0.29, 0.717) is 0 Å². The maximum atomic E-state index is 5.25. The molecule has 1 N–H and O–H groups in total. The number of aromatic nitrogens is 1. The largest absolute Gasteiger partial charge is 0.349 e. The van der Waals surface area contributed by atoms with E-state index in [2.05, 4.69) is 31.1 Å². The number of hydrogen-bond donors (Lipinski definition) is 1. The predicted octanol–water partition coefficient (Wildman–Crippen LogP) is 3.26. The highest BCUT2D eigenvalue weighted by molar-refractivity contribution is 7.80. The average Bonchev–Trinajstić information content (AvgIpc) is 2.02. The molecule has 0 aromatic carbocycles. The molecule has 1 aromatic heterocycles. The standard InChI is InChI=1S/C11H16N2S/c1-11(2,3)7-10(14)13-9-5-4-6-12-8-9/h4-6,8H,7H2,1-3H3,(H,13,14). The van der Waals surface area contributed by atoms with Crippen LogP contribution in [0.1, 0.15) is 27.2 Å². The van der Waals surface area contributed by atoms with Gasteiger partial charge in [-0.2, -0.15) is 0 Å². The molecule has 0 unspecified atom stereocenters. The van der Waals surface area contributed by atoms with Crippen molar-refractivity contribution in [1.82, 2.24) is 4.98 Å². The molecule has 0 radical (unpaired) electrons. The second-order valence-corrected chi connectivity index (χ2v) is 5.02. The first-order valence-corrected chi connectivity index (χ1v) is 5.08. The third-order valence-electron chi connectivity index (χ3n) is 1.64. The van der Waals surface area contributed by atoms with Gasteiger partial charge in [-0.05, 0) is 17.5 Å². The maximum absolute atomic E-state index is 5.25. The average molecular weight is 208 g/mol. The highest BCUT2D eigenvalue weighted by atomic mass is 32.1. The first-order valence-electron chi connectivity index (χ1n) is 4.67. The number of hydrogen-bond acceptors (Lipinski definition) is 2. The lowest BCUT2D eigenvalue weighted by Gasteiger charge is -2.19. The molecule has 76 valence electrons. The smallest absolute Gasteiger partial charge is 0.0802 e. The van der Waals surface area contributed by atoms with Crippen molar-refractivity contribution >= 4 is 22.9 Å². The van der Waals surface area contributed by atoms with Crippen LogP contribution >= 0.6 is 12.2 Å². The summed E-state index contributed by atoms with van der Waals surface area (Å²) in [7, 11) is 0. The molecule has 1 heterocycles. The molecule has 0 saturated heterocycles. The summed E-state index contributed by atoms with van der Waals surface area (Å²) in [6.45, 7) is 6.51. The Kier molecular flexibility index (Phi) is 3.58. The summed E-state index contributed by atoms with van der Waals surface area (Å²) in [4.78, 5) is 4.88. The Bertz CT molecular complexity index is 301. The van der Waals surface area contributed by atoms with Crippen LogP contribution in [-0.2, 0) is 0 Å². The van der Waals surface area contributed by atoms with Crippen LogP contribution in [-0.4, -0.2) is 9.97 Å². The van der Waals surface area contributed by atoms with E-state index in [9.17, 15) is 0 Å². The van der Waals surface area contributed by atoms with Gasteiger partial charge in [0, 0.05) is 12.6 Å². The van der Waals surface area contributed by atoms with Gasteiger partial charge >= 0.3 is 0 Å². The number of nitrogens with zero attached hydrogens (tertiary/aromatic N) is 1. The Balaban J connectivity index is 2.50. The minimum atomic E-state index is 0.228. The maximum Gasteiger partial charge on any atom is 0.0802 e. The van der Waals surface area contributed by atoms with Gasteiger partial charge in [-0.25, -0.2) is 0 Å². The van der Waals surface area contributed by atoms with Gasteiger partial charge in [0.1, 0.15) is 0 Å². The second-order valence-electron chi connectivity index (χ2n) is 4.53. The van der Waals surface area contributed by atoms with E-state index < -0.39 is 0 Å². The topological polar surface area (TPSA) is 24.9 Å². The molecule has 2 nitrogen and oxygen atoms in total. The molecule has 0 spiro atoms. The van der Waals surface area contributed by atoms with Gasteiger partial charge in [-0.1, -0.05) is 33.0 Å². The van der Waals surface area contributed by atoms with Gasteiger partial charge in [-0.3, -0.25) is 4.98 Å². The number of nitrogens with one attached hydrogen (secondary N) is 1. The van der Waals surface area contributed by atoms with Gasteiger partial charge in [-0.15, -0.1) is 0 Å². The number of anilines is 1. The zero-order valence-electron chi connectivity index (χ0n) is 8.87. The molecule has 0 aliphatic carbocycles. The quantitative estimate of drug-likeness (QED) is 0.755. The van der Waals surface area contributed by atoms with E-state index in [0.717, 1.165) is 17.1 Å². The predicted molar refractivity (Wildman–Crippen MR) is 64.5 cm³/mol. The summed E-state index contributed by atoms with van der Waals surface area (Å²) in [5, 5.41) is 3.17. The lowest BCUT2D eigenvalue weighted by molar-refractivity contribution is 0.436. The van der Waals surface area contributed by atoms with Gasteiger partial charge in [0.25, 0.3) is 0 Å².